The van der Waals surface area contributed by atoms with Gasteiger partial charge in [-0.15, -0.1) is 0 Å². The number of hydrogen-bond donors (Lipinski definition) is 1. The van der Waals surface area contributed by atoms with Crippen LogP contribution in [0.1, 0.15) is 24.1 Å². The molecule has 0 radical (unpaired) electrons. The van der Waals surface area contributed by atoms with Gasteiger partial charge in [0.2, 0.25) is 5.89 Å². The van der Waals surface area contributed by atoms with E-state index in [0.717, 1.165) is 17.7 Å². The number of carboxylic acids is 1. The van der Waals surface area contributed by atoms with Crippen molar-refractivity contribution >= 4 is 5.97 Å². The van der Waals surface area contributed by atoms with Gasteiger partial charge in [-0.25, -0.2) is 4.98 Å². The number of aromatic nitrogens is 1. The van der Waals surface area contributed by atoms with Crippen LogP contribution >= 0.6 is 0 Å². The smallest absolute Gasteiger partial charge is 0.309 e. The maximum absolute atomic E-state index is 10.5. The molecule has 0 saturated carbocycles. The van der Waals surface area contributed by atoms with E-state index in [2.05, 4.69) is 11.9 Å². The minimum Gasteiger partial charge on any atom is -0.484 e. The summed E-state index contributed by atoms with van der Waals surface area (Å²) in [5.41, 5.74) is 1.51. The van der Waals surface area contributed by atoms with Crippen molar-refractivity contribution < 1.29 is 19.1 Å². The number of carbonyl (C=O) groups is 1. The number of ether oxygens (including phenoxy) is 1. The molecule has 1 heterocycles. The summed E-state index contributed by atoms with van der Waals surface area (Å²) in [4.78, 5) is 14.6. The summed E-state index contributed by atoms with van der Waals surface area (Å²) in [6, 6.07) is 7.75. The quantitative estimate of drug-likeness (QED) is 0.864. The molecule has 0 aliphatic rings. The van der Waals surface area contributed by atoms with Crippen LogP contribution < -0.4 is 4.74 Å². The summed E-state index contributed by atoms with van der Waals surface area (Å²) in [6.45, 7) is 2.24. The lowest BCUT2D eigenvalue weighted by Crippen LogP contribution is -2.02. The molecule has 0 saturated heterocycles. The first-order chi connectivity index (χ1) is 9.19. The van der Waals surface area contributed by atoms with Crippen LogP contribution in [0.15, 0.2) is 34.9 Å². The molecule has 0 amide bonds. The third-order valence-electron chi connectivity index (χ3n) is 2.64. The van der Waals surface area contributed by atoms with Crippen molar-refractivity contribution in [3.8, 4) is 5.75 Å². The second-order valence-corrected chi connectivity index (χ2v) is 4.05. The van der Waals surface area contributed by atoms with Crippen LogP contribution in [0.5, 0.6) is 5.75 Å². The van der Waals surface area contributed by atoms with Crippen LogP contribution in [0.3, 0.4) is 0 Å². The number of nitrogens with zero attached hydrogens (tertiary/aromatic N) is 1. The van der Waals surface area contributed by atoms with Gasteiger partial charge in [0.1, 0.15) is 12.0 Å². The van der Waals surface area contributed by atoms with E-state index in [0.29, 0.717) is 11.6 Å². The SMILES string of the molecule is CCc1ccccc1OCc1nc(CC(=O)O)co1. The molecule has 0 bridgehead atoms. The topological polar surface area (TPSA) is 72.6 Å². The molecule has 0 atom stereocenters. The third kappa shape index (κ3) is 3.58. The highest BCUT2D eigenvalue weighted by Crippen LogP contribution is 2.19. The van der Waals surface area contributed by atoms with Gasteiger partial charge in [-0.05, 0) is 18.1 Å². The fraction of sp³-hybridized carbons (Fsp3) is 0.286. The molecule has 1 N–H and O–H groups in total. The summed E-state index contributed by atoms with van der Waals surface area (Å²) in [5, 5.41) is 8.64. The number of benzene rings is 1. The minimum atomic E-state index is -0.933. The van der Waals surface area contributed by atoms with Gasteiger partial charge in [0, 0.05) is 0 Å². The number of oxazole rings is 1. The van der Waals surface area contributed by atoms with Crippen LogP contribution in [0.4, 0.5) is 0 Å². The zero-order valence-electron chi connectivity index (χ0n) is 10.6. The van der Waals surface area contributed by atoms with Crippen molar-refractivity contribution in [2.24, 2.45) is 0 Å². The Morgan fingerprint density at radius 2 is 2.21 bits per heavy atom. The van der Waals surface area contributed by atoms with Gasteiger partial charge in [-0.3, -0.25) is 4.79 Å². The van der Waals surface area contributed by atoms with Gasteiger partial charge >= 0.3 is 5.97 Å². The van der Waals surface area contributed by atoms with E-state index in [1.54, 1.807) is 0 Å². The van der Waals surface area contributed by atoms with Gasteiger partial charge in [0.15, 0.2) is 6.61 Å². The van der Waals surface area contributed by atoms with E-state index in [1.165, 1.54) is 6.26 Å². The van der Waals surface area contributed by atoms with Crippen molar-refractivity contribution in [3.63, 3.8) is 0 Å². The molecule has 2 aromatic rings. The Kier molecular flexibility index (Phi) is 4.18. The van der Waals surface area contributed by atoms with Gasteiger partial charge in [0.25, 0.3) is 0 Å². The van der Waals surface area contributed by atoms with E-state index >= 15 is 0 Å². The average molecular weight is 261 g/mol. The summed E-state index contributed by atoms with van der Waals surface area (Å²) in [5.74, 6) is 0.238. The Bertz CT molecular complexity index is 562. The molecule has 1 aromatic heterocycles. The van der Waals surface area contributed by atoms with Crippen LogP contribution in [0.2, 0.25) is 0 Å². The normalized spacial score (nSPS) is 10.4. The molecule has 0 fully saturated rings. The van der Waals surface area contributed by atoms with Crippen molar-refractivity contribution in [2.45, 2.75) is 26.4 Å². The standard InChI is InChI=1S/C14H15NO4/c1-2-10-5-3-4-6-12(10)18-9-13-15-11(8-19-13)7-14(16)17/h3-6,8H,2,7,9H2,1H3,(H,16,17). The first-order valence-electron chi connectivity index (χ1n) is 6.04. The first-order valence-corrected chi connectivity index (χ1v) is 6.04. The molecule has 1 aromatic carbocycles. The molecule has 2 rings (SSSR count). The fourth-order valence-electron chi connectivity index (χ4n) is 1.73. The van der Waals surface area contributed by atoms with Gasteiger partial charge < -0.3 is 14.3 Å². The molecule has 5 heteroatoms. The molecule has 0 spiro atoms. The number of aryl methyl sites for hydroxylation is 1. The van der Waals surface area contributed by atoms with Crippen molar-refractivity contribution in [1.82, 2.24) is 4.98 Å². The average Bonchev–Trinajstić information content (AvgIpc) is 2.83. The lowest BCUT2D eigenvalue weighted by molar-refractivity contribution is -0.136. The number of para-hydroxylation sites is 1. The monoisotopic (exact) mass is 261 g/mol. The Hall–Kier alpha value is -2.30. The highest BCUT2D eigenvalue weighted by atomic mass is 16.5. The first kappa shape index (κ1) is 13.1. The van der Waals surface area contributed by atoms with Gasteiger partial charge in [0.05, 0.1) is 12.1 Å². The predicted octanol–water partition coefficient (Wildman–Crippen LogP) is 2.44. The second kappa shape index (κ2) is 6.04. The minimum absolute atomic E-state index is 0.144. The molecular weight excluding hydrogens is 246 g/mol. The second-order valence-electron chi connectivity index (χ2n) is 4.05. The van der Waals surface area contributed by atoms with E-state index in [4.69, 9.17) is 14.3 Å². The molecule has 0 aliphatic carbocycles. The molecule has 5 nitrogen and oxygen atoms in total. The molecule has 0 aliphatic heterocycles. The van der Waals surface area contributed by atoms with Crippen LogP contribution in [-0.4, -0.2) is 16.1 Å². The molecule has 100 valence electrons. The largest absolute Gasteiger partial charge is 0.484 e. The summed E-state index contributed by atoms with van der Waals surface area (Å²) >= 11 is 0. The van der Waals surface area contributed by atoms with Crippen molar-refractivity contribution in [2.75, 3.05) is 0 Å². The summed E-state index contributed by atoms with van der Waals surface area (Å²) in [7, 11) is 0. The fourth-order valence-corrected chi connectivity index (χ4v) is 1.73. The zero-order chi connectivity index (χ0) is 13.7. The lowest BCUT2D eigenvalue weighted by atomic mass is 10.1. The molecule has 0 unspecified atom stereocenters. The van der Waals surface area contributed by atoms with E-state index in [9.17, 15) is 4.79 Å². The van der Waals surface area contributed by atoms with Crippen molar-refractivity contribution in [1.29, 1.82) is 0 Å². The van der Waals surface area contributed by atoms with E-state index in [1.807, 2.05) is 24.3 Å². The summed E-state index contributed by atoms with van der Waals surface area (Å²) in [6.07, 6.45) is 2.08. The highest BCUT2D eigenvalue weighted by Gasteiger charge is 2.09. The van der Waals surface area contributed by atoms with Crippen LogP contribution in [-0.2, 0) is 24.2 Å². The summed E-state index contributed by atoms with van der Waals surface area (Å²) < 4.78 is 10.8. The number of hydrogen-bond acceptors (Lipinski definition) is 4. The van der Waals surface area contributed by atoms with Crippen LogP contribution in [0.25, 0.3) is 0 Å². The van der Waals surface area contributed by atoms with Gasteiger partial charge in [-0.1, -0.05) is 25.1 Å². The number of aliphatic carboxylic acids is 1. The number of carboxylic acid groups (broad SMARTS) is 1. The third-order valence-corrected chi connectivity index (χ3v) is 2.64. The Morgan fingerprint density at radius 3 is 2.95 bits per heavy atom. The van der Waals surface area contributed by atoms with E-state index < -0.39 is 5.97 Å². The maximum atomic E-state index is 10.5. The Morgan fingerprint density at radius 1 is 1.42 bits per heavy atom. The lowest BCUT2D eigenvalue weighted by Gasteiger charge is -2.07. The Labute approximate surface area is 110 Å². The van der Waals surface area contributed by atoms with Gasteiger partial charge in [-0.2, -0.15) is 0 Å². The highest BCUT2D eigenvalue weighted by molar-refractivity contribution is 5.69. The molecular formula is C14H15NO4. The predicted molar refractivity (Wildman–Crippen MR) is 68.0 cm³/mol. The van der Waals surface area contributed by atoms with Crippen molar-refractivity contribution in [3.05, 3.63) is 47.7 Å². The zero-order valence-corrected chi connectivity index (χ0v) is 10.6. The Balaban J connectivity index is 1.98. The number of rotatable bonds is 6. The van der Waals surface area contributed by atoms with E-state index in [-0.39, 0.29) is 13.0 Å². The maximum Gasteiger partial charge on any atom is 0.309 e. The van der Waals surface area contributed by atoms with Crippen LogP contribution in [0, 0.1) is 0 Å². The molecule has 19 heavy (non-hydrogen) atoms.